The lowest BCUT2D eigenvalue weighted by molar-refractivity contribution is 0.0698. The largest absolute Gasteiger partial charge is 0.324 e. The van der Waals surface area contributed by atoms with Crippen molar-refractivity contribution in [1.29, 1.82) is 5.26 Å². The smallest absolute Gasteiger partial charge is 0.254 e. The van der Waals surface area contributed by atoms with Crippen LogP contribution < -0.4 is 0 Å². The molecular weight excluding hydrogens is 259 g/mol. The van der Waals surface area contributed by atoms with Gasteiger partial charge in [0.2, 0.25) is 0 Å². The van der Waals surface area contributed by atoms with Crippen molar-refractivity contribution in [3.8, 4) is 6.07 Å². The molecule has 1 aromatic carbocycles. The first kappa shape index (κ1) is 13.8. The molecule has 1 amide bonds. The lowest BCUT2D eigenvalue weighted by Gasteiger charge is -2.29. The summed E-state index contributed by atoms with van der Waals surface area (Å²) in [6.45, 7) is 3.34. The summed E-state index contributed by atoms with van der Waals surface area (Å²) in [6.07, 6.45) is 0. The van der Waals surface area contributed by atoms with E-state index < -0.39 is 5.54 Å². The van der Waals surface area contributed by atoms with Crippen LogP contribution in [0.5, 0.6) is 0 Å². The number of hydrogen-bond donors (Lipinski definition) is 0. The number of nitriles is 1. The Hall–Kier alpha value is -1.24. The van der Waals surface area contributed by atoms with Gasteiger partial charge in [0.1, 0.15) is 5.54 Å². The molecule has 3 nitrogen and oxygen atoms in total. The van der Waals surface area contributed by atoms with Gasteiger partial charge >= 0.3 is 0 Å². The number of benzene rings is 1. The minimum atomic E-state index is -0.872. The van der Waals surface area contributed by atoms with Gasteiger partial charge in [0.15, 0.2) is 0 Å². The van der Waals surface area contributed by atoms with Gasteiger partial charge in [-0.25, -0.2) is 0 Å². The molecule has 1 aromatic rings. The number of rotatable bonds is 2. The first-order valence-electron chi connectivity index (χ1n) is 4.94. The normalized spacial score (nSPS) is 10.8. The van der Waals surface area contributed by atoms with Gasteiger partial charge in [0.25, 0.3) is 5.91 Å². The highest BCUT2D eigenvalue weighted by Crippen LogP contribution is 2.24. The summed E-state index contributed by atoms with van der Waals surface area (Å²) in [4.78, 5) is 13.5. The zero-order valence-electron chi connectivity index (χ0n) is 9.79. The van der Waals surface area contributed by atoms with E-state index in [1.807, 2.05) is 0 Å². The van der Waals surface area contributed by atoms with E-state index >= 15 is 0 Å². The van der Waals surface area contributed by atoms with Crippen LogP contribution in [0.15, 0.2) is 18.2 Å². The maximum atomic E-state index is 12.1. The predicted molar refractivity (Wildman–Crippen MR) is 68.2 cm³/mol. The Morgan fingerprint density at radius 2 is 1.94 bits per heavy atom. The number of amides is 1. The molecule has 0 spiro atoms. The molecular formula is C12H12Cl2N2O. The van der Waals surface area contributed by atoms with E-state index in [0.29, 0.717) is 15.6 Å². The van der Waals surface area contributed by atoms with Crippen LogP contribution in [0.25, 0.3) is 0 Å². The highest BCUT2D eigenvalue weighted by Gasteiger charge is 2.28. The molecule has 0 aliphatic heterocycles. The lowest BCUT2D eigenvalue weighted by Crippen LogP contribution is -2.43. The number of carbonyl (C=O) groups is 1. The molecule has 1 rings (SSSR count). The van der Waals surface area contributed by atoms with Crippen LogP contribution in [-0.4, -0.2) is 23.4 Å². The summed E-state index contributed by atoms with van der Waals surface area (Å²) in [5.74, 6) is -0.268. The van der Waals surface area contributed by atoms with Crippen molar-refractivity contribution in [2.24, 2.45) is 0 Å². The SMILES string of the molecule is CN(C(=O)c1ccc(Cl)c(Cl)c1)C(C)(C)C#N. The van der Waals surface area contributed by atoms with Crippen LogP contribution >= 0.6 is 23.2 Å². The van der Waals surface area contributed by atoms with Crippen LogP contribution in [0.4, 0.5) is 0 Å². The first-order valence-corrected chi connectivity index (χ1v) is 5.69. The van der Waals surface area contributed by atoms with Gasteiger partial charge in [-0.2, -0.15) is 5.26 Å². The molecule has 0 atom stereocenters. The molecule has 0 saturated carbocycles. The van der Waals surface area contributed by atoms with Crippen LogP contribution in [0.2, 0.25) is 10.0 Å². The van der Waals surface area contributed by atoms with Crippen molar-refractivity contribution in [2.75, 3.05) is 7.05 Å². The van der Waals surface area contributed by atoms with E-state index in [1.54, 1.807) is 33.0 Å². The van der Waals surface area contributed by atoms with Crippen molar-refractivity contribution in [3.63, 3.8) is 0 Å². The standard InChI is InChI=1S/C12H12Cl2N2O/c1-12(2,7-15)16(3)11(17)8-4-5-9(13)10(14)6-8/h4-6H,1-3H3. The molecule has 0 radical (unpaired) electrons. The molecule has 0 fully saturated rings. The second-order valence-corrected chi connectivity index (χ2v) is 4.98. The number of nitrogens with zero attached hydrogens (tertiary/aromatic N) is 2. The van der Waals surface area contributed by atoms with Crippen molar-refractivity contribution in [3.05, 3.63) is 33.8 Å². The fourth-order valence-electron chi connectivity index (χ4n) is 1.15. The Kier molecular flexibility index (Phi) is 4.03. The summed E-state index contributed by atoms with van der Waals surface area (Å²) in [5, 5.41) is 9.68. The lowest BCUT2D eigenvalue weighted by atomic mass is 10.0. The van der Waals surface area contributed by atoms with Gasteiger partial charge in [0.05, 0.1) is 16.1 Å². The number of hydrogen-bond acceptors (Lipinski definition) is 2. The molecule has 0 aliphatic carbocycles. The number of carbonyl (C=O) groups excluding carboxylic acids is 1. The van der Waals surface area contributed by atoms with Crippen LogP contribution in [0, 0.1) is 11.3 Å². The highest BCUT2D eigenvalue weighted by molar-refractivity contribution is 6.42. The van der Waals surface area contributed by atoms with Gasteiger partial charge in [-0.05, 0) is 32.0 Å². The quantitative estimate of drug-likeness (QED) is 0.827. The first-order chi connectivity index (χ1) is 7.79. The summed E-state index contributed by atoms with van der Waals surface area (Å²) < 4.78 is 0. The third kappa shape index (κ3) is 2.91. The fourth-order valence-corrected chi connectivity index (χ4v) is 1.45. The van der Waals surface area contributed by atoms with E-state index in [2.05, 4.69) is 6.07 Å². The Morgan fingerprint density at radius 1 is 1.35 bits per heavy atom. The Labute approximate surface area is 111 Å². The average Bonchev–Trinajstić information content (AvgIpc) is 2.30. The second-order valence-electron chi connectivity index (χ2n) is 4.16. The molecule has 0 aliphatic rings. The predicted octanol–water partition coefficient (Wildman–Crippen LogP) is 3.37. The zero-order chi connectivity index (χ0) is 13.2. The molecule has 0 heterocycles. The molecule has 90 valence electrons. The van der Waals surface area contributed by atoms with Crippen LogP contribution in [-0.2, 0) is 0 Å². The maximum Gasteiger partial charge on any atom is 0.254 e. The summed E-state index contributed by atoms with van der Waals surface area (Å²) in [7, 11) is 1.58. The molecule has 0 unspecified atom stereocenters. The molecule has 0 aromatic heterocycles. The Bertz CT molecular complexity index is 492. The number of halogens is 2. The van der Waals surface area contributed by atoms with Crippen LogP contribution in [0.3, 0.4) is 0 Å². The van der Waals surface area contributed by atoms with Crippen molar-refractivity contribution >= 4 is 29.1 Å². The molecule has 0 saturated heterocycles. The summed E-state index contributed by atoms with van der Waals surface area (Å²) in [5.41, 5.74) is -0.464. The third-order valence-corrected chi connectivity index (χ3v) is 3.32. The summed E-state index contributed by atoms with van der Waals surface area (Å²) in [6, 6.07) is 6.70. The van der Waals surface area contributed by atoms with E-state index in [4.69, 9.17) is 28.5 Å². The van der Waals surface area contributed by atoms with Gasteiger partial charge < -0.3 is 4.90 Å². The van der Waals surface area contributed by atoms with Gasteiger partial charge in [-0.3, -0.25) is 4.79 Å². The van der Waals surface area contributed by atoms with Crippen molar-refractivity contribution in [1.82, 2.24) is 4.90 Å². The van der Waals surface area contributed by atoms with Gasteiger partial charge in [-0.1, -0.05) is 23.2 Å². The van der Waals surface area contributed by atoms with E-state index in [1.165, 1.54) is 11.0 Å². The Balaban J connectivity index is 3.06. The molecule has 17 heavy (non-hydrogen) atoms. The monoisotopic (exact) mass is 270 g/mol. The van der Waals surface area contributed by atoms with Gasteiger partial charge in [0, 0.05) is 12.6 Å². The zero-order valence-corrected chi connectivity index (χ0v) is 11.3. The van der Waals surface area contributed by atoms with E-state index in [-0.39, 0.29) is 5.91 Å². The van der Waals surface area contributed by atoms with Gasteiger partial charge in [-0.15, -0.1) is 0 Å². The Morgan fingerprint density at radius 3 is 2.41 bits per heavy atom. The van der Waals surface area contributed by atoms with E-state index in [9.17, 15) is 4.79 Å². The molecule has 5 heteroatoms. The average molecular weight is 271 g/mol. The second kappa shape index (κ2) is 4.95. The van der Waals surface area contributed by atoms with Crippen molar-refractivity contribution in [2.45, 2.75) is 19.4 Å². The highest BCUT2D eigenvalue weighted by atomic mass is 35.5. The maximum absolute atomic E-state index is 12.1. The molecule has 0 N–H and O–H groups in total. The minimum absolute atomic E-state index is 0.268. The van der Waals surface area contributed by atoms with Crippen molar-refractivity contribution < 1.29 is 4.79 Å². The fraction of sp³-hybridized carbons (Fsp3) is 0.333. The van der Waals surface area contributed by atoms with E-state index in [0.717, 1.165) is 0 Å². The topological polar surface area (TPSA) is 44.1 Å². The molecule has 0 bridgehead atoms. The summed E-state index contributed by atoms with van der Waals surface area (Å²) >= 11 is 11.6. The minimum Gasteiger partial charge on any atom is -0.324 e. The van der Waals surface area contributed by atoms with Crippen LogP contribution in [0.1, 0.15) is 24.2 Å². The third-order valence-electron chi connectivity index (χ3n) is 2.58.